The fourth-order valence-corrected chi connectivity index (χ4v) is 1.61. The fraction of sp³-hybridized carbons (Fsp3) is 0.154. The maximum absolute atomic E-state index is 13.2. The molecule has 0 atom stereocenters. The van der Waals surface area contributed by atoms with E-state index in [1.165, 1.54) is 6.07 Å². The highest BCUT2D eigenvalue weighted by atomic mass is 35.5. The van der Waals surface area contributed by atoms with Crippen LogP contribution in [0, 0.1) is 12.7 Å². The first-order valence-corrected chi connectivity index (χ1v) is 5.63. The molecule has 0 saturated carbocycles. The average Bonchev–Trinajstić information content (AvgIpc) is 2.32. The SMILES string of the molecule is Cc1ccncc1NCc1ccc(Cl)c(F)c1. The molecular weight excluding hydrogens is 239 g/mol. The van der Waals surface area contributed by atoms with Crippen LogP contribution in [0.25, 0.3) is 0 Å². The smallest absolute Gasteiger partial charge is 0.142 e. The number of pyridine rings is 1. The fourth-order valence-electron chi connectivity index (χ4n) is 1.50. The van der Waals surface area contributed by atoms with Gasteiger partial charge >= 0.3 is 0 Å². The van der Waals surface area contributed by atoms with Gasteiger partial charge in [0.25, 0.3) is 0 Å². The Morgan fingerprint density at radius 3 is 2.88 bits per heavy atom. The summed E-state index contributed by atoms with van der Waals surface area (Å²) in [5.74, 6) is -0.395. The molecule has 0 fully saturated rings. The highest BCUT2D eigenvalue weighted by Gasteiger charge is 2.02. The Morgan fingerprint density at radius 2 is 2.18 bits per heavy atom. The van der Waals surface area contributed by atoms with Crippen LogP contribution in [0.5, 0.6) is 0 Å². The molecule has 0 bridgehead atoms. The first-order chi connectivity index (χ1) is 8.16. The lowest BCUT2D eigenvalue weighted by atomic mass is 10.2. The molecule has 88 valence electrons. The molecule has 1 N–H and O–H groups in total. The van der Waals surface area contributed by atoms with E-state index in [1.54, 1.807) is 24.5 Å². The molecule has 0 aliphatic heterocycles. The molecule has 2 aromatic rings. The molecule has 0 saturated heterocycles. The van der Waals surface area contributed by atoms with Gasteiger partial charge in [-0.05, 0) is 36.2 Å². The second-order valence-electron chi connectivity index (χ2n) is 3.79. The highest BCUT2D eigenvalue weighted by molar-refractivity contribution is 6.30. The number of aryl methyl sites for hydroxylation is 1. The number of rotatable bonds is 3. The van der Waals surface area contributed by atoms with Crippen LogP contribution in [0.4, 0.5) is 10.1 Å². The minimum atomic E-state index is -0.395. The van der Waals surface area contributed by atoms with E-state index in [2.05, 4.69) is 10.3 Å². The zero-order valence-corrected chi connectivity index (χ0v) is 10.1. The third-order valence-electron chi connectivity index (χ3n) is 2.51. The topological polar surface area (TPSA) is 24.9 Å². The summed E-state index contributed by atoms with van der Waals surface area (Å²) in [6, 6.07) is 6.71. The number of benzene rings is 1. The maximum atomic E-state index is 13.2. The molecule has 0 aliphatic rings. The van der Waals surface area contributed by atoms with Gasteiger partial charge in [-0.25, -0.2) is 4.39 Å². The lowest BCUT2D eigenvalue weighted by Crippen LogP contribution is -2.01. The summed E-state index contributed by atoms with van der Waals surface area (Å²) in [5.41, 5.74) is 2.90. The molecule has 2 nitrogen and oxygen atoms in total. The summed E-state index contributed by atoms with van der Waals surface area (Å²) >= 11 is 5.62. The van der Waals surface area contributed by atoms with Gasteiger partial charge in [-0.1, -0.05) is 17.7 Å². The summed E-state index contributed by atoms with van der Waals surface area (Å²) in [6.45, 7) is 2.53. The van der Waals surface area contributed by atoms with E-state index in [-0.39, 0.29) is 5.02 Å². The Balaban J connectivity index is 2.08. The monoisotopic (exact) mass is 250 g/mol. The van der Waals surface area contributed by atoms with Crippen molar-refractivity contribution in [3.05, 3.63) is 58.6 Å². The van der Waals surface area contributed by atoms with E-state index in [9.17, 15) is 4.39 Å². The van der Waals surface area contributed by atoms with Crippen LogP contribution >= 0.6 is 11.6 Å². The Hall–Kier alpha value is -1.61. The van der Waals surface area contributed by atoms with Crippen LogP contribution in [0.3, 0.4) is 0 Å². The van der Waals surface area contributed by atoms with Gasteiger partial charge in [0.15, 0.2) is 0 Å². The lowest BCUT2D eigenvalue weighted by molar-refractivity contribution is 0.626. The first kappa shape index (κ1) is 11.9. The van der Waals surface area contributed by atoms with E-state index in [0.717, 1.165) is 16.8 Å². The van der Waals surface area contributed by atoms with Gasteiger partial charge in [0.2, 0.25) is 0 Å². The van der Waals surface area contributed by atoms with Gasteiger partial charge in [0.05, 0.1) is 16.9 Å². The summed E-state index contributed by atoms with van der Waals surface area (Å²) < 4.78 is 13.2. The van der Waals surface area contributed by atoms with Crippen molar-refractivity contribution < 1.29 is 4.39 Å². The van der Waals surface area contributed by atoms with Crippen molar-refractivity contribution in [1.82, 2.24) is 4.98 Å². The normalized spacial score (nSPS) is 10.3. The number of nitrogens with one attached hydrogen (secondary N) is 1. The quantitative estimate of drug-likeness (QED) is 0.896. The van der Waals surface area contributed by atoms with Crippen LogP contribution in [0.15, 0.2) is 36.7 Å². The van der Waals surface area contributed by atoms with Crippen molar-refractivity contribution in [1.29, 1.82) is 0 Å². The van der Waals surface area contributed by atoms with Crippen LogP contribution in [-0.4, -0.2) is 4.98 Å². The number of hydrogen-bond acceptors (Lipinski definition) is 2. The van der Waals surface area contributed by atoms with Crippen molar-refractivity contribution in [3.8, 4) is 0 Å². The predicted octanol–water partition coefficient (Wildman–Crippen LogP) is 3.79. The van der Waals surface area contributed by atoms with Crippen LogP contribution in [0.2, 0.25) is 5.02 Å². The zero-order valence-electron chi connectivity index (χ0n) is 9.37. The largest absolute Gasteiger partial charge is 0.380 e. The minimum absolute atomic E-state index is 0.145. The number of anilines is 1. The Labute approximate surface area is 104 Å². The summed E-state index contributed by atoms with van der Waals surface area (Å²) in [5, 5.41) is 3.35. The molecule has 1 aromatic heterocycles. The molecule has 0 amide bonds. The van der Waals surface area contributed by atoms with Crippen LogP contribution < -0.4 is 5.32 Å². The highest BCUT2D eigenvalue weighted by Crippen LogP contribution is 2.17. The van der Waals surface area contributed by atoms with Crippen LogP contribution in [-0.2, 0) is 6.54 Å². The first-order valence-electron chi connectivity index (χ1n) is 5.25. The minimum Gasteiger partial charge on any atom is -0.380 e. The number of halogens is 2. The van der Waals surface area contributed by atoms with E-state index in [0.29, 0.717) is 6.54 Å². The van der Waals surface area contributed by atoms with Gasteiger partial charge in [-0.3, -0.25) is 4.98 Å². The van der Waals surface area contributed by atoms with Gasteiger partial charge in [0, 0.05) is 12.7 Å². The van der Waals surface area contributed by atoms with Crippen LogP contribution in [0.1, 0.15) is 11.1 Å². The number of aromatic nitrogens is 1. The Kier molecular flexibility index (Phi) is 3.59. The Morgan fingerprint density at radius 1 is 1.35 bits per heavy atom. The van der Waals surface area contributed by atoms with Crippen molar-refractivity contribution in [2.75, 3.05) is 5.32 Å². The third kappa shape index (κ3) is 2.94. The van der Waals surface area contributed by atoms with E-state index in [4.69, 9.17) is 11.6 Å². The van der Waals surface area contributed by atoms with E-state index in [1.807, 2.05) is 13.0 Å². The molecule has 0 unspecified atom stereocenters. The van der Waals surface area contributed by atoms with Crippen molar-refractivity contribution in [3.63, 3.8) is 0 Å². The molecule has 0 spiro atoms. The molecular formula is C13H12ClFN2. The number of hydrogen-bond donors (Lipinski definition) is 1. The summed E-state index contributed by atoms with van der Waals surface area (Å²) in [4.78, 5) is 4.03. The maximum Gasteiger partial charge on any atom is 0.142 e. The molecule has 4 heteroatoms. The van der Waals surface area contributed by atoms with Crippen molar-refractivity contribution in [2.45, 2.75) is 13.5 Å². The molecule has 0 aliphatic carbocycles. The van der Waals surface area contributed by atoms with Crippen molar-refractivity contribution >= 4 is 17.3 Å². The van der Waals surface area contributed by atoms with E-state index < -0.39 is 5.82 Å². The Bertz CT molecular complexity index is 529. The number of nitrogens with zero attached hydrogens (tertiary/aromatic N) is 1. The predicted molar refractivity (Wildman–Crippen MR) is 67.7 cm³/mol. The van der Waals surface area contributed by atoms with Gasteiger partial charge < -0.3 is 5.32 Å². The molecule has 1 aromatic carbocycles. The molecule has 17 heavy (non-hydrogen) atoms. The van der Waals surface area contributed by atoms with Gasteiger partial charge in [-0.15, -0.1) is 0 Å². The van der Waals surface area contributed by atoms with Gasteiger partial charge in [0.1, 0.15) is 5.82 Å². The second kappa shape index (κ2) is 5.15. The van der Waals surface area contributed by atoms with Gasteiger partial charge in [-0.2, -0.15) is 0 Å². The van der Waals surface area contributed by atoms with Crippen molar-refractivity contribution in [2.24, 2.45) is 0 Å². The second-order valence-corrected chi connectivity index (χ2v) is 4.20. The molecule has 2 rings (SSSR count). The summed E-state index contributed by atoms with van der Waals surface area (Å²) in [6.07, 6.45) is 3.49. The standard InChI is InChI=1S/C13H12ClFN2/c1-9-4-5-16-8-13(9)17-7-10-2-3-11(14)12(15)6-10/h2-6,8,17H,7H2,1H3. The third-order valence-corrected chi connectivity index (χ3v) is 2.81. The molecule has 1 heterocycles. The van der Waals surface area contributed by atoms with E-state index >= 15 is 0 Å². The summed E-state index contributed by atoms with van der Waals surface area (Å²) in [7, 11) is 0. The molecule has 0 radical (unpaired) electrons. The lowest BCUT2D eigenvalue weighted by Gasteiger charge is -2.09. The average molecular weight is 251 g/mol. The zero-order chi connectivity index (χ0) is 12.3.